The van der Waals surface area contributed by atoms with Crippen molar-refractivity contribution in [2.45, 2.75) is 0 Å². The highest BCUT2D eigenvalue weighted by molar-refractivity contribution is 8.93. The van der Waals surface area contributed by atoms with E-state index >= 15 is 0 Å². The van der Waals surface area contributed by atoms with Gasteiger partial charge in [0.1, 0.15) is 0 Å². The van der Waals surface area contributed by atoms with Gasteiger partial charge in [0.2, 0.25) is 0 Å². The molecule has 1 unspecified atom stereocenters. The summed E-state index contributed by atoms with van der Waals surface area (Å²) in [6, 6.07) is 0. The summed E-state index contributed by atoms with van der Waals surface area (Å²) in [7, 11) is 0. The number of rotatable bonds is 0. The van der Waals surface area contributed by atoms with Crippen molar-refractivity contribution in [2.75, 3.05) is 0 Å². The minimum Gasteiger partial charge on any atom is -0.269 e. The third-order valence-corrected chi connectivity index (χ3v) is 0. The molecule has 0 saturated carbocycles. The van der Waals surface area contributed by atoms with Crippen molar-refractivity contribution in [3.63, 3.8) is 0 Å². The smallest absolute Gasteiger partial charge is 0.114 e. The first kappa shape index (κ1) is 197. The van der Waals surface area contributed by atoms with Crippen LogP contribution < -0.4 is 0 Å². The van der Waals surface area contributed by atoms with Crippen molar-refractivity contribution in [3.05, 3.63) is 0 Å². The van der Waals surface area contributed by atoms with Crippen molar-refractivity contribution >= 4 is 43.9 Å². The van der Waals surface area contributed by atoms with Crippen LogP contribution in [-0.2, 0) is 0 Å². The van der Waals surface area contributed by atoms with Gasteiger partial charge >= 0.3 is 0 Å². The quantitative estimate of drug-likeness (QED) is 0.578. The van der Waals surface area contributed by atoms with Crippen LogP contribution in [0.25, 0.3) is 0 Å². The van der Waals surface area contributed by atoms with Crippen molar-refractivity contribution in [1.82, 2.24) is 0 Å². The second-order valence-electron chi connectivity index (χ2n) is 0. The molecule has 0 aliphatic carbocycles. The summed E-state index contributed by atoms with van der Waals surface area (Å²) in [6.07, 6.45) is 0. The lowest BCUT2D eigenvalue weighted by Gasteiger charge is -0.270. The monoisotopic (exact) mass is 254 g/mol. The molecule has 1 atom stereocenters. The Hall–Kier alpha value is 1.18. The molecule has 6 heteroatoms. The van der Waals surface area contributed by atoms with Crippen LogP contribution in [0.4, 0.5) is 14.1 Å². The first-order chi connectivity index (χ1) is 0. The van der Waals surface area contributed by atoms with Crippen molar-refractivity contribution in [3.8, 4) is 0 Å². The van der Waals surface area contributed by atoms with Crippen molar-refractivity contribution < 1.29 is 14.1 Å². The summed E-state index contributed by atoms with van der Waals surface area (Å²) in [5.41, 5.74) is 0. The average Bonchev–Trinajstić information content (AvgIpc) is 0. The standard InChI is InChI=1S/2BrH.3FH.H3P/h5*1H;1H3. The molecule has 6 heavy (non-hydrogen) atoms. The summed E-state index contributed by atoms with van der Waals surface area (Å²) < 4.78 is 0. The van der Waals surface area contributed by atoms with E-state index in [1.54, 1.807) is 0 Å². The molecule has 0 saturated heterocycles. The maximum atomic E-state index is 0. The highest BCUT2D eigenvalue weighted by Gasteiger charge is -0.113. The fraction of sp³-hybridized carbons (Fsp3) is 0. The molecular weight excluding hydrogens is 248 g/mol. The Morgan fingerprint density at radius 3 is 0.500 bits per heavy atom. The molecule has 0 nitrogen and oxygen atoms in total. The lowest BCUT2D eigenvalue weighted by Crippen LogP contribution is 0.419. The molecule has 0 rings (SSSR count). The molecule has 0 heterocycles. The molecular formula is H8Br2F3P. The lowest BCUT2D eigenvalue weighted by atomic mass is 19.0. The van der Waals surface area contributed by atoms with Crippen molar-refractivity contribution in [1.29, 1.82) is 0 Å². The van der Waals surface area contributed by atoms with E-state index in [9.17, 15) is 0 Å². The SMILES string of the molecule is Br.Br.F.F.F.P. The average molecular weight is 256 g/mol. The summed E-state index contributed by atoms with van der Waals surface area (Å²) in [6.45, 7) is 0. The van der Waals surface area contributed by atoms with Gasteiger partial charge in [0.05, 0.1) is 0 Å². The Balaban J connectivity index is 0. The predicted molar refractivity (Wildman–Crippen MR) is 39.3 cm³/mol. The summed E-state index contributed by atoms with van der Waals surface area (Å²) >= 11 is 0. The van der Waals surface area contributed by atoms with E-state index in [4.69, 9.17) is 0 Å². The second kappa shape index (κ2) is 119. The molecule has 0 aliphatic rings. The Morgan fingerprint density at radius 2 is 0.500 bits per heavy atom. The van der Waals surface area contributed by atoms with Crippen molar-refractivity contribution in [2.24, 2.45) is 0 Å². The number of hydrogen-bond acceptors (Lipinski definition) is 0. The highest BCUT2D eigenvalue weighted by Crippen LogP contribution is 0.861. The maximum Gasteiger partial charge on any atom is -0.114 e. The minimum absolute atomic E-state index is 0. The number of halogens is 5. The molecule has 0 radical (unpaired) electrons. The topological polar surface area (TPSA) is 0 Å². The minimum atomic E-state index is 0. The normalized spacial score (nSPS) is 0. The van der Waals surface area contributed by atoms with E-state index in [1.165, 1.54) is 0 Å². The Bertz CT molecular complexity index is 8.75. The second-order valence-corrected chi connectivity index (χ2v) is 0. The third kappa shape index (κ3) is 65.0. The van der Waals surface area contributed by atoms with Crippen LogP contribution in [-0.4, -0.2) is 0 Å². The number of hydrogen-bond donors (Lipinski definition) is 0. The lowest BCUT2D eigenvalue weighted by molar-refractivity contribution is 1.11. The van der Waals surface area contributed by atoms with Crippen LogP contribution in [0.2, 0.25) is 0 Å². The zero-order chi connectivity index (χ0) is 0. The van der Waals surface area contributed by atoms with Gasteiger partial charge in [0, 0.05) is 0 Å². The van der Waals surface area contributed by atoms with E-state index in [0.29, 0.717) is 0 Å². The predicted octanol–water partition coefficient (Wildman–Crippen LogP) is 1.67. The molecule has 0 fully saturated rings. The van der Waals surface area contributed by atoms with Gasteiger partial charge in [-0.3, -0.25) is 14.1 Å². The summed E-state index contributed by atoms with van der Waals surface area (Å²) in [5.74, 6) is 0. The van der Waals surface area contributed by atoms with Gasteiger partial charge in [-0.25, -0.2) is 0 Å². The largest absolute Gasteiger partial charge is 0.269 e. The van der Waals surface area contributed by atoms with E-state index < -0.39 is 0 Å². The first-order valence-corrected chi connectivity index (χ1v) is 0. The van der Waals surface area contributed by atoms with Gasteiger partial charge < -0.3 is 0 Å². The summed E-state index contributed by atoms with van der Waals surface area (Å²) in [4.78, 5) is 0. The van der Waals surface area contributed by atoms with E-state index in [2.05, 4.69) is 0 Å². The van der Waals surface area contributed by atoms with Crippen LogP contribution >= 0.6 is 43.9 Å². The van der Waals surface area contributed by atoms with E-state index in [1.807, 2.05) is 0 Å². The Kier molecular flexibility index (Phi) is 3910. The molecule has 0 N–H and O–H groups in total. The fourth-order valence-electron chi connectivity index (χ4n) is 0. The molecule has 0 aromatic heterocycles. The van der Waals surface area contributed by atoms with Crippen LogP contribution in [0.15, 0.2) is 0 Å². The van der Waals surface area contributed by atoms with Gasteiger partial charge in [0.25, 0.3) is 0 Å². The Labute approximate surface area is 58.3 Å². The fourth-order valence-corrected chi connectivity index (χ4v) is 0. The van der Waals surface area contributed by atoms with Gasteiger partial charge in [-0.15, -0.1) is 34.0 Å². The molecule has 0 aromatic carbocycles. The van der Waals surface area contributed by atoms with Gasteiger partial charge in [-0.2, -0.15) is 9.90 Å². The summed E-state index contributed by atoms with van der Waals surface area (Å²) in [5, 5.41) is 0. The molecule has 0 amide bonds. The first-order valence-electron chi connectivity index (χ1n) is 0. The third-order valence-electron chi connectivity index (χ3n) is 0. The molecule has 0 spiro atoms. The molecule has 0 bridgehead atoms. The van der Waals surface area contributed by atoms with Gasteiger partial charge in [-0.1, -0.05) is 0 Å². The van der Waals surface area contributed by atoms with E-state index in [-0.39, 0.29) is 58.0 Å². The maximum absolute atomic E-state index is 0. The van der Waals surface area contributed by atoms with Crippen LogP contribution in [0, 0.1) is 0 Å². The highest BCUT2D eigenvalue weighted by atomic mass is 79.9. The molecule has 48 valence electrons. The van der Waals surface area contributed by atoms with E-state index in [0.717, 1.165) is 0 Å². The molecule has 0 aliphatic heterocycles. The van der Waals surface area contributed by atoms with Crippen LogP contribution in [0.3, 0.4) is 0 Å². The van der Waals surface area contributed by atoms with Crippen LogP contribution in [0.1, 0.15) is 0 Å². The van der Waals surface area contributed by atoms with Crippen LogP contribution in [0.5, 0.6) is 0 Å². The Morgan fingerprint density at radius 1 is 0.500 bits per heavy atom. The zero-order valence-corrected chi connectivity index (χ0v) is 7.59. The zero-order valence-electron chi connectivity index (χ0n) is 2.75. The van der Waals surface area contributed by atoms with Gasteiger partial charge in [0.15, 0.2) is 0 Å². The molecule has 0 aromatic rings. The van der Waals surface area contributed by atoms with Gasteiger partial charge in [-0.05, 0) is 0 Å².